The summed E-state index contributed by atoms with van der Waals surface area (Å²) in [6.07, 6.45) is 5.75. The van der Waals surface area contributed by atoms with Crippen LogP contribution in [-0.4, -0.2) is 34.1 Å². The molecule has 0 bridgehead atoms. The average molecular weight is 526 g/mol. The molecule has 4 rings (SSSR count). The molecular weight excluding hydrogens is 504 g/mol. The van der Waals surface area contributed by atoms with E-state index in [-0.39, 0.29) is 17.7 Å². The fraction of sp³-hybridized carbons (Fsp3) is 0.154. The van der Waals surface area contributed by atoms with Crippen molar-refractivity contribution >= 4 is 34.9 Å². The fourth-order valence-corrected chi connectivity index (χ4v) is 3.92. The van der Waals surface area contributed by atoms with E-state index >= 15 is 0 Å². The molecule has 0 spiro atoms. The summed E-state index contributed by atoms with van der Waals surface area (Å²) in [6, 6.07) is 15.3. The molecule has 2 heterocycles. The number of hydrogen-bond acceptors (Lipinski definition) is 5. The van der Waals surface area contributed by atoms with Crippen LogP contribution in [0.15, 0.2) is 73.2 Å². The van der Waals surface area contributed by atoms with Gasteiger partial charge in [0.15, 0.2) is 5.82 Å². The van der Waals surface area contributed by atoms with Gasteiger partial charge in [-0.3, -0.25) is 4.98 Å². The van der Waals surface area contributed by atoms with E-state index in [4.69, 9.17) is 27.9 Å². The summed E-state index contributed by atoms with van der Waals surface area (Å²) in [5.74, 6) is 0.544. The van der Waals surface area contributed by atoms with E-state index in [0.717, 1.165) is 11.3 Å². The van der Waals surface area contributed by atoms with Crippen molar-refractivity contribution in [1.82, 2.24) is 20.3 Å². The molecule has 36 heavy (non-hydrogen) atoms. The van der Waals surface area contributed by atoms with Crippen molar-refractivity contribution in [3.63, 3.8) is 0 Å². The smallest absolute Gasteiger partial charge is 0.319 e. The number of anilines is 1. The Morgan fingerprint density at radius 3 is 2.58 bits per heavy atom. The van der Waals surface area contributed by atoms with Gasteiger partial charge in [-0.2, -0.15) is 0 Å². The van der Waals surface area contributed by atoms with Crippen molar-refractivity contribution in [2.45, 2.75) is 12.8 Å². The summed E-state index contributed by atoms with van der Waals surface area (Å²) in [4.78, 5) is 25.0. The third-order valence-electron chi connectivity index (χ3n) is 5.15. The number of rotatable bonds is 9. The maximum Gasteiger partial charge on any atom is 0.319 e. The third-order valence-corrected chi connectivity index (χ3v) is 5.92. The number of pyridine rings is 1. The molecule has 0 saturated carbocycles. The van der Waals surface area contributed by atoms with Crippen molar-refractivity contribution in [3.05, 3.63) is 100 Å². The lowest BCUT2D eigenvalue weighted by molar-refractivity contribution is 0.252. The number of halogens is 3. The van der Waals surface area contributed by atoms with Crippen LogP contribution in [0.2, 0.25) is 10.0 Å². The Balaban J connectivity index is 1.29. The van der Waals surface area contributed by atoms with Gasteiger partial charge in [0.25, 0.3) is 0 Å². The Labute approximate surface area is 217 Å². The topological polar surface area (TPSA) is 89.0 Å². The van der Waals surface area contributed by atoms with Crippen LogP contribution >= 0.6 is 23.2 Å². The average Bonchev–Trinajstić information content (AvgIpc) is 2.89. The Hall–Kier alpha value is -3.75. The summed E-state index contributed by atoms with van der Waals surface area (Å²) in [5.41, 5.74) is 2.60. The van der Waals surface area contributed by atoms with Crippen LogP contribution in [0, 0.1) is 5.82 Å². The number of benzene rings is 2. The van der Waals surface area contributed by atoms with Crippen molar-refractivity contribution in [2.75, 3.05) is 18.5 Å². The number of aromatic nitrogens is 3. The molecule has 2 aromatic carbocycles. The second-order valence-corrected chi connectivity index (χ2v) is 8.48. The molecule has 0 fully saturated rings. The first-order chi connectivity index (χ1) is 17.5. The van der Waals surface area contributed by atoms with Crippen LogP contribution in [0.5, 0.6) is 5.75 Å². The van der Waals surface area contributed by atoms with Crippen LogP contribution < -0.4 is 15.4 Å². The Kier molecular flexibility index (Phi) is 8.65. The number of nitrogens with one attached hydrogen (secondary N) is 2. The van der Waals surface area contributed by atoms with E-state index in [9.17, 15) is 9.18 Å². The Bertz CT molecular complexity index is 1320. The lowest BCUT2D eigenvalue weighted by atomic mass is 10.1. The van der Waals surface area contributed by atoms with Gasteiger partial charge >= 0.3 is 6.03 Å². The number of ether oxygens (including phenoxy) is 1. The molecule has 0 aliphatic carbocycles. The van der Waals surface area contributed by atoms with E-state index in [1.807, 2.05) is 30.3 Å². The second-order valence-electron chi connectivity index (χ2n) is 7.70. The van der Waals surface area contributed by atoms with Crippen molar-refractivity contribution in [2.24, 2.45) is 0 Å². The predicted octanol–water partition coefficient (Wildman–Crippen LogP) is 5.97. The summed E-state index contributed by atoms with van der Waals surface area (Å²) in [7, 11) is 0. The van der Waals surface area contributed by atoms with Gasteiger partial charge in [0.2, 0.25) is 0 Å². The molecule has 0 unspecified atom stereocenters. The van der Waals surface area contributed by atoms with E-state index in [1.165, 1.54) is 24.5 Å². The number of hydrogen-bond donors (Lipinski definition) is 2. The van der Waals surface area contributed by atoms with Crippen LogP contribution in [0.4, 0.5) is 14.9 Å². The summed E-state index contributed by atoms with van der Waals surface area (Å²) < 4.78 is 19.5. The minimum Gasteiger partial charge on any atom is -0.493 e. The molecule has 10 heteroatoms. The maximum atomic E-state index is 13.7. The molecule has 0 atom stereocenters. The van der Waals surface area contributed by atoms with Gasteiger partial charge in [-0.05, 0) is 42.0 Å². The van der Waals surface area contributed by atoms with Crippen LogP contribution in [-0.2, 0) is 12.8 Å². The van der Waals surface area contributed by atoms with Gasteiger partial charge in [0, 0.05) is 41.9 Å². The van der Waals surface area contributed by atoms with E-state index in [1.54, 1.807) is 18.3 Å². The number of urea groups is 1. The summed E-state index contributed by atoms with van der Waals surface area (Å²) in [5, 5.41) is 5.88. The molecule has 2 amide bonds. The molecule has 184 valence electrons. The van der Waals surface area contributed by atoms with Gasteiger partial charge in [-0.1, -0.05) is 41.4 Å². The number of nitrogens with zero attached hydrogens (tertiary/aromatic N) is 3. The zero-order valence-electron chi connectivity index (χ0n) is 19.0. The van der Waals surface area contributed by atoms with Crippen molar-refractivity contribution < 1.29 is 13.9 Å². The first-order valence-electron chi connectivity index (χ1n) is 11.1. The molecule has 2 aromatic heterocycles. The van der Waals surface area contributed by atoms with Crippen LogP contribution in [0.1, 0.15) is 11.3 Å². The van der Waals surface area contributed by atoms with Gasteiger partial charge in [0.05, 0.1) is 29.7 Å². The fourth-order valence-electron chi connectivity index (χ4n) is 3.36. The highest BCUT2D eigenvalue weighted by atomic mass is 35.5. The van der Waals surface area contributed by atoms with Gasteiger partial charge in [0.1, 0.15) is 11.6 Å². The highest BCUT2D eigenvalue weighted by Gasteiger charge is 2.11. The van der Waals surface area contributed by atoms with Crippen LogP contribution in [0.25, 0.3) is 11.4 Å². The second kappa shape index (κ2) is 12.3. The quantitative estimate of drug-likeness (QED) is 0.263. The standard InChI is InChI=1S/C26H22Cl2FN5O2/c27-22-7-8-23(29)24(28)21(22)10-13-36-20-6-3-4-17(14-20)25-32-15-19(16-33-25)34-26(35)31-12-9-18-5-1-2-11-30-18/h1-8,11,14-16H,9-10,12-13H2,(H2,31,34,35). The van der Waals surface area contributed by atoms with Gasteiger partial charge in [-0.15, -0.1) is 0 Å². The molecule has 4 aromatic rings. The molecule has 0 saturated heterocycles. The number of amides is 2. The highest BCUT2D eigenvalue weighted by molar-refractivity contribution is 6.36. The molecule has 0 aliphatic heterocycles. The SMILES string of the molecule is O=C(NCCc1ccccn1)Nc1cnc(-c2cccc(OCCc3c(Cl)ccc(F)c3Cl)c2)nc1. The van der Waals surface area contributed by atoms with E-state index < -0.39 is 5.82 Å². The molecule has 0 radical (unpaired) electrons. The van der Waals surface area contributed by atoms with E-state index in [2.05, 4.69) is 25.6 Å². The third kappa shape index (κ3) is 6.90. The molecule has 0 aliphatic rings. The largest absolute Gasteiger partial charge is 0.493 e. The maximum absolute atomic E-state index is 13.7. The zero-order valence-corrected chi connectivity index (χ0v) is 20.6. The Morgan fingerprint density at radius 1 is 0.972 bits per heavy atom. The molecule has 2 N–H and O–H groups in total. The van der Waals surface area contributed by atoms with E-state index in [0.29, 0.717) is 47.2 Å². The minimum atomic E-state index is -0.518. The lowest BCUT2D eigenvalue weighted by Crippen LogP contribution is -2.30. The predicted molar refractivity (Wildman–Crippen MR) is 138 cm³/mol. The first kappa shape index (κ1) is 25.3. The summed E-state index contributed by atoms with van der Waals surface area (Å²) >= 11 is 12.1. The normalized spacial score (nSPS) is 10.6. The minimum absolute atomic E-state index is 0.00355. The molecular formula is C26H22Cl2FN5O2. The van der Waals surface area contributed by atoms with Gasteiger partial charge in [-0.25, -0.2) is 19.2 Å². The van der Waals surface area contributed by atoms with Gasteiger partial charge < -0.3 is 15.4 Å². The van der Waals surface area contributed by atoms with Crippen LogP contribution in [0.3, 0.4) is 0 Å². The molecule has 7 nitrogen and oxygen atoms in total. The zero-order chi connectivity index (χ0) is 25.3. The number of carbonyl (C=O) groups excluding carboxylic acids is 1. The summed E-state index contributed by atoms with van der Waals surface area (Å²) in [6.45, 7) is 0.706. The van der Waals surface area contributed by atoms with Crippen molar-refractivity contribution in [1.29, 1.82) is 0 Å². The Morgan fingerprint density at radius 2 is 1.81 bits per heavy atom. The first-order valence-corrected chi connectivity index (χ1v) is 11.9. The monoisotopic (exact) mass is 525 g/mol. The number of carbonyl (C=O) groups is 1. The lowest BCUT2D eigenvalue weighted by Gasteiger charge is -2.11. The van der Waals surface area contributed by atoms with Crippen molar-refractivity contribution in [3.8, 4) is 17.1 Å². The highest BCUT2D eigenvalue weighted by Crippen LogP contribution is 2.28.